The van der Waals surface area contributed by atoms with Gasteiger partial charge in [0.25, 0.3) is 0 Å². The number of Topliss-reactive ketones (excluding diaryl/α,β-unsaturated/α-hetero) is 1. The summed E-state index contributed by atoms with van der Waals surface area (Å²) in [5, 5.41) is 0. The minimum atomic E-state index is 0.0850. The van der Waals surface area contributed by atoms with Crippen molar-refractivity contribution < 1.29 is 4.79 Å². The van der Waals surface area contributed by atoms with Gasteiger partial charge in [0, 0.05) is 12.0 Å². The maximum absolute atomic E-state index is 12.1. The van der Waals surface area contributed by atoms with Crippen LogP contribution in [0.15, 0.2) is 6.07 Å². The summed E-state index contributed by atoms with van der Waals surface area (Å²) in [4.78, 5) is 12.1. The fourth-order valence-corrected chi connectivity index (χ4v) is 3.38. The third-order valence-electron chi connectivity index (χ3n) is 4.20. The van der Waals surface area contributed by atoms with E-state index in [2.05, 4.69) is 26.8 Å². The van der Waals surface area contributed by atoms with Crippen LogP contribution in [-0.4, -0.2) is 5.78 Å². The third kappa shape index (κ3) is 1.55. The van der Waals surface area contributed by atoms with E-state index in [1.807, 2.05) is 0 Å². The minimum absolute atomic E-state index is 0.0850. The summed E-state index contributed by atoms with van der Waals surface area (Å²) in [6, 6.07) is 2.32. The Hall–Kier alpha value is -1.11. The van der Waals surface area contributed by atoms with Crippen molar-refractivity contribution in [3.63, 3.8) is 0 Å². The lowest BCUT2D eigenvalue weighted by molar-refractivity contribution is 0.0992. The lowest BCUT2D eigenvalue weighted by Gasteiger charge is -2.24. The zero-order valence-electron chi connectivity index (χ0n) is 11.0. The molecular weight excluding hydrogens is 208 g/mol. The highest BCUT2D eigenvalue weighted by atomic mass is 16.1. The number of rotatable bonds is 0. The van der Waals surface area contributed by atoms with Crippen LogP contribution in [0.2, 0.25) is 0 Å². The van der Waals surface area contributed by atoms with Crippen LogP contribution in [0.25, 0.3) is 0 Å². The molecule has 1 heteroatoms. The van der Waals surface area contributed by atoms with Gasteiger partial charge in [-0.3, -0.25) is 4.79 Å². The van der Waals surface area contributed by atoms with Gasteiger partial charge in [-0.2, -0.15) is 0 Å². The van der Waals surface area contributed by atoms with E-state index in [0.29, 0.717) is 5.78 Å². The van der Waals surface area contributed by atoms with Crippen LogP contribution in [0.3, 0.4) is 0 Å². The van der Waals surface area contributed by atoms with Crippen LogP contribution in [0.1, 0.15) is 66.2 Å². The molecule has 0 heterocycles. The molecule has 0 aliphatic heterocycles. The number of ketones is 1. The van der Waals surface area contributed by atoms with Gasteiger partial charge in [-0.25, -0.2) is 0 Å². The minimum Gasteiger partial charge on any atom is -0.294 e. The van der Waals surface area contributed by atoms with Crippen LogP contribution in [0.5, 0.6) is 0 Å². The molecule has 1 nitrogen and oxygen atoms in total. The molecule has 3 rings (SSSR count). The molecule has 17 heavy (non-hydrogen) atoms. The highest BCUT2D eigenvalue weighted by molar-refractivity contribution is 6.02. The second-order valence-electron chi connectivity index (χ2n) is 6.44. The van der Waals surface area contributed by atoms with E-state index in [1.165, 1.54) is 41.5 Å². The summed E-state index contributed by atoms with van der Waals surface area (Å²) in [6.07, 6.45) is 5.38. The highest BCUT2D eigenvalue weighted by Gasteiger charge is 2.32. The normalized spacial score (nSPS) is 18.4. The van der Waals surface area contributed by atoms with Gasteiger partial charge in [-0.1, -0.05) is 26.8 Å². The number of hydrogen-bond donors (Lipinski definition) is 0. The average molecular weight is 228 g/mol. The van der Waals surface area contributed by atoms with Crippen LogP contribution >= 0.6 is 0 Å². The van der Waals surface area contributed by atoms with Gasteiger partial charge in [0.15, 0.2) is 5.78 Å². The van der Waals surface area contributed by atoms with E-state index >= 15 is 0 Å². The Balaban J connectivity index is 2.31. The van der Waals surface area contributed by atoms with Crippen molar-refractivity contribution in [1.29, 1.82) is 0 Å². The Morgan fingerprint density at radius 3 is 2.47 bits per heavy atom. The van der Waals surface area contributed by atoms with E-state index in [0.717, 1.165) is 18.4 Å². The van der Waals surface area contributed by atoms with Crippen LogP contribution in [-0.2, 0) is 24.7 Å². The Morgan fingerprint density at radius 1 is 1.00 bits per heavy atom. The van der Waals surface area contributed by atoms with Gasteiger partial charge in [0.2, 0.25) is 0 Å². The Morgan fingerprint density at radius 2 is 1.76 bits per heavy atom. The number of benzene rings is 1. The van der Waals surface area contributed by atoms with Gasteiger partial charge in [0.05, 0.1) is 0 Å². The van der Waals surface area contributed by atoms with E-state index in [9.17, 15) is 4.79 Å². The van der Waals surface area contributed by atoms with E-state index in [1.54, 1.807) is 0 Å². The fourth-order valence-electron chi connectivity index (χ4n) is 3.38. The predicted octanol–water partition coefficient (Wildman–Crippen LogP) is 3.60. The second kappa shape index (κ2) is 3.44. The van der Waals surface area contributed by atoms with Crippen LogP contribution < -0.4 is 0 Å². The average Bonchev–Trinajstić information content (AvgIpc) is 2.81. The molecular formula is C16H20O. The molecule has 0 aromatic heterocycles. The number of aryl methyl sites for hydroxylation is 1. The molecule has 0 radical (unpaired) electrons. The molecule has 1 aromatic carbocycles. The second-order valence-corrected chi connectivity index (χ2v) is 6.44. The summed E-state index contributed by atoms with van der Waals surface area (Å²) in [5.74, 6) is 0.375. The van der Waals surface area contributed by atoms with Crippen molar-refractivity contribution >= 4 is 5.78 Å². The van der Waals surface area contributed by atoms with Gasteiger partial charge < -0.3 is 0 Å². The van der Waals surface area contributed by atoms with Crippen molar-refractivity contribution in [3.8, 4) is 0 Å². The molecule has 0 amide bonds. The van der Waals surface area contributed by atoms with Gasteiger partial charge in [0.1, 0.15) is 0 Å². The summed E-state index contributed by atoms with van der Waals surface area (Å²) in [5.41, 5.74) is 6.88. The first-order valence-corrected chi connectivity index (χ1v) is 6.70. The summed E-state index contributed by atoms with van der Waals surface area (Å²) < 4.78 is 0. The zero-order chi connectivity index (χ0) is 12.2. The largest absolute Gasteiger partial charge is 0.294 e. The van der Waals surface area contributed by atoms with Crippen molar-refractivity contribution in [2.75, 3.05) is 0 Å². The molecule has 0 unspecified atom stereocenters. The molecule has 0 bridgehead atoms. The lowest BCUT2D eigenvalue weighted by Crippen LogP contribution is -2.17. The van der Waals surface area contributed by atoms with Crippen LogP contribution in [0, 0.1) is 0 Å². The molecule has 0 spiro atoms. The predicted molar refractivity (Wildman–Crippen MR) is 69.8 cm³/mol. The van der Waals surface area contributed by atoms with Crippen molar-refractivity contribution in [2.45, 2.75) is 58.3 Å². The van der Waals surface area contributed by atoms with E-state index in [4.69, 9.17) is 0 Å². The molecule has 1 aromatic rings. The fraction of sp³-hybridized carbons (Fsp3) is 0.562. The number of carbonyl (C=O) groups excluding carboxylic acids is 1. The van der Waals surface area contributed by atoms with Crippen molar-refractivity contribution in [3.05, 3.63) is 33.9 Å². The first-order valence-electron chi connectivity index (χ1n) is 6.70. The smallest absolute Gasteiger partial charge is 0.163 e. The summed E-state index contributed by atoms with van der Waals surface area (Å²) in [7, 11) is 0. The van der Waals surface area contributed by atoms with E-state index < -0.39 is 0 Å². The first kappa shape index (κ1) is 11.0. The Kier molecular flexibility index (Phi) is 2.23. The summed E-state index contributed by atoms with van der Waals surface area (Å²) in [6.45, 7) is 6.65. The van der Waals surface area contributed by atoms with Crippen molar-refractivity contribution in [2.24, 2.45) is 0 Å². The number of hydrogen-bond acceptors (Lipinski definition) is 1. The molecule has 2 aliphatic rings. The highest BCUT2D eigenvalue weighted by Crippen LogP contribution is 2.39. The monoisotopic (exact) mass is 228 g/mol. The topological polar surface area (TPSA) is 17.1 Å². The molecule has 0 atom stereocenters. The maximum atomic E-state index is 12.1. The molecule has 2 aliphatic carbocycles. The first-order chi connectivity index (χ1) is 7.98. The van der Waals surface area contributed by atoms with Gasteiger partial charge in [-0.15, -0.1) is 0 Å². The summed E-state index contributed by atoms with van der Waals surface area (Å²) >= 11 is 0. The molecule has 0 saturated carbocycles. The quantitative estimate of drug-likeness (QED) is 0.663. The van der Waals surface area contributed by atoms with Gasteiger partial charge >= 0.3 is 0 Å². The Bertz CT molecular complexity index is 503. The van der Waals surface area contributed by atoms with Crippen molar-refractivity contribution in [1.82, 2.24) is 0 Å². The third-order valence-corrected chi connectivity index (χ3v) is 4.20. The molecule has 0 fully saturated rings. The lowest BCUT2D eigenvalue weighted by atomic mass is 9.80. The van der Waals surface area contributed by atoms with E-state index in [-0.39, 0.29) is 5.41 Å². The number of carbonyl (C=O) groups is 1. The van der Waals surface area contributed by atoms with Crippen LogP contribution in [0.4, 0.5) is 0 Å². The maximum Gasteiger partial charge on any atom is 0.163 e. The molecule has 0 N–H and O–H groups in total. The number of fused-ring (bicyclic) bond motifs is 3. The SMILES string of the molecule is CC(C)(C)c1cc2c(c3c1C(=O)CC3)CCC2. The standard InChI is InChI=1S/C16H20O/c1-16(2,3)13-9-10-5-4-6-11(10)12-7-8-14(17)15(12)13/h9H,4-8H2,1-3H3. The zero-order valence-corrected chi connectivity index (χ0v) is 11.0. The molecule has 0 saturated heterocycles. The molecule has 90 valence electrons. The van der Waals surface area contributed by atoms with Gasteiger partial charge in [-0.05, 0) is 53.4 Å². The Labute approximate surface area is 103 Å².